The molecule has 2 unspecified atom stereocenters. The molecule has 4 heterocycles. The first-order valence-electron chi connectivity index (χ1n) is 12.2. The molecule has 2 aromatic carbocycles. The Morgan fingerprint density at radius 2 is 1.75 bits per heavy atom. The van der Waals surface area contributed by atoms with Crippen LogP contribution in [-0.4, -0.2) is 53.5 Å². The minimum atomic E-state index is -4.00. The maximum Gasteiger partial charge on any atom is 0.339 e. The zero-order valence-corrected chi connectivity index (χ0v) is 21.0. The van der Waals surface area contributed by atoms with Gasteiger partial charge in [0, 0.05) is 29.4 Å². The molecule has 2 aliphatic heterocycles. The lowest BCUT2D eigenvalue weighted by molar-refractivity contribution is 0.0630. The van der Waals surface area contributed by atoms with Crippen molar-refractivity contribution in [3.8, 4) is 22.9 Å². The van der Waals surface area contributed by atoms with E-state index < -0.39 is 10.1 Å². The molecule has 6 rings (SSSR count). The molecule has 36 heavy (non-hydrogen) atoms. The largest absolute Gasteiger partial charge is 0.473 e. The van der Waals surface area contributed by atoms with Gasteiger partial charge in [-0.15, -0.1) is 0 Å². The number of ether oxygens (including phenoxy) is 1. The van der Waals surface area contributed by atoms with Crippen molar-refractivity contribution in [2.45, 2.75) is 55.7 Å². The van der Waals surface area contributed by atoms with E-state index in [4.69, 9.17) is 8.92 Å². The normalized spacial score (nSPS) is 22.1. The molecule has 186 valence electrons. The number of hydrogen-bond donors (Lipinski definition) is 1. The summed E-state index contributed by atoms with van der Waals surface area (Å²) in [6, 6.07) is 13.4. The lowest BCUT2D eigenvalue weighted by atomic mass is 10.0. The lowest BCUT2D eigenvalue weighted by Crippen LogP contribution is -2.43. The first-order chi connectivity index (χ1) is 17.4. The van der Waals surface area contributed by atoms with E-state index in [-0.39, 0.29) is 16.7 Å². The molecule has 2 atom stereocenters. The fourth-order valence-corrected chi connectivity index (χ4v) is 6.38. The average Bonchev–Trinajstić information content (AvgIpc) is 3.34. The van der Waals surface area contributed by atoms with Crippen LogP contribution in [0.1, 0.15) is 31.2 Å². The van der Waals surface area contributed by atoms with Gasteiger partial charge in [-0.1, -0.05) is 29.8 Å². The highest BCUT2D eigenvalue weighted by Gasteiger charge is 2.39. The molecule has 0 radical (unpaired) electrons. The Kier molecular flexibility index (Phi) is 5.69. The van der Waals surface area contributed by atoms with Gasteiger partial charge in [0.15, 0.2) is 5.75 Å². The average molecular weight is 505 g/mol. The van der Waals surface area contributed by atoms with Crippen LogP contribution in [0.3, 0.4) is 0 Å². The number of H-pyrrole nitrogens is 1. The van der Waals surface area contributed by atoms with Crippen molar-refractivity contribution in [1.29, 1.82) is 0 Å². The van der Waals surface area contributed by atoms with Crippen LogP contribution in [-0.2, 0) is 10.1 Å². The molecule has 2 aromatic heterocycles. The van der Waals surface area contributed by atoms with Crippen molar-refractivity contribution < 1.29 is 17.3 Å². The number of nitrogens with one attached hydrogen (secondary N) is 1. The highest BCUT2D eigenvalue weighted by molar-refractivity contribution is 7.87. The second kappa shape index (κ2) is 8.90. The van der Waals surface area contributed by atoms with Crippen LogP contribution in [0.4, 0.5) is 0 Å². The Morgan fingerprint density at radius 3 is 2.44 bits per heavy atom. The van der Waals surface area contributed by atoms with Gasteiger partial charge in [-0.2, -0.15) is 8.42 Å². The van der Waals surface area contributed by atoms with Gasteiger partial charge in [-0.3, -0.25) is 0 Å². The van der Waals surface area contributed by atoms with Gasteiger partial charge in [0.2, 0.25) is 5.88 Å². The fraction of sp³-hybridized carbons (Fsp3) is 0.333. The van der Waals surface area contributed by atoms with Crippen LogP contribution in [0.5, 0.6) is 11.6 Å². The standard InChI is InChI=1S/C27H28N4O4S/c1-17-6-10-21(11-7-17)36(32,33)35-25-15-28-23-5-3-4-22(27(23)25)24-14-30-26(16-29-24)34-20-12-18-8-9-19(13-20)31(18)2/h3-7,10-11,14-16,18-20,28H,8-9,12-13H2,1-2H3. The molecule has 9 heteroatoms. The summed E-state index contributed by atoms with van der Waals surface area (Å²) in [6.07, 6.45) is 9.50. The third-order valence-corrected chi connectivity index (χ3v) is 8.67. The number of rotatable bonds is 6. The van der Waals surface area contributed by atoms with E-state index >= 15 is 0 Å². The number of nitrogens with zero attached hydrogens (tertiary/aromatic N) is 3. The van der Waals surface area contributed by atoms with Gasteiger partial charge in [-0.25, -0.2) is 9.97 Å². The van der Waals surface area contributed by atoms with Crippen LogP contribution in [0.25, 0.3) is 22.2 Å². The summed E-state index contributed by atoms with van der Waals surface area (Å²) in [5.41, 5.74) is 3.04. The highest BCUT2D eigenvalue weighted by Crippen LogP contribution is 2.37. The minimum absolute atomic E-state index is 0.101. The van der Waals surface area contributed by atoms with Crippen molar-refractivity contribution >= 4 is 21.0 Å². The smallest absolute Gasteiger partial charge is 0.339 e. The monoisotopic (exact) mass is 504 g/mol. The Labute approximate surface area is 210 Å². The van der Waals surface area contributed by atoms with Crippen LogP contribution in [0.15, 0.2) is 66.0 Å². The zero-order valence-electron chi connectivity index (χ0n) is 20.2. The van der Waals surface area contributed by atoms with Crippen molar-refractivity contribution in [3.63, 3.8) is 0 Å². The first kappa shape index (κ1) is 23.0. The number of piperidine rings is 1. The van der Waals surface area contributed by atoms with Gasteiger partial charge in [0.1, 0.15) is 11.0 Å². The molecule has 4 aromatic rings. The molecule has 2 saturated heterocycles. The number of benzene rings is 2. The van der Waals surface area contributed by atoms with E-state index in [2.05, 4.69) is 26.9 Å². The number of fused-ring (bicyclic) bond motifs is 3. The van der Waals surface area contributed by atoms with Crippen LogP contribution in [0.2, 0.25) is 0 Å². The van der Waals surface area contributed by atoms with Crippen molar-refractivity contribution in [3.05, 3.63) is 66.6 Å². The summed E-state index contributed by atoms with van der Waals surface area (Å²) in [4.78, 5) is 14.8. The molecule has 0 aliphatic carbocycles. The van der Waals surface area contributed by atoms with Crippen LogP contribution >= 0.6 is 0 Å². The molecule has 8 nitrogen and oxygen atoms in total. The van der Waals surface area contributed by atoms with Gasteiger partial charge in [-0.05, 0) is 57.9 Å². The summed E-state index contributed by atoms with van der Waals surface area (Å²) >= 11 is 0. The SMILES string of the molecule is Cc1ccc(S(=O)(=O)Oc2c[nH]c3cccc(-c4cnc(OC5CC6CCC(C5)N6C)cn4)c23)cc1. The molecule has 2 aliphatic rings. The predicted molar refractivity (Wildman–Crippen MR) is 137 cm³/mol. The second-order valence-corrected chi connectivity index (χ2v) is 11.3. The predicted octanol–water partition coefficient (Wildman–Crippen LogP) is 4.71. The van der Waals surface area contributed by atoms with Gasteiger partial charge >= 0.3 is 10.1 Å². The summed E-state index contributed by atoms with van der Waals surface area (Å²) < 4.78 is 37.6. The summed E-state index contributed by atoms with van der Waals surface area (Å²) in [5, 5.41) is 0.628. The first-order valence-corrected chi connectivity index (χ1v) is 13.6. The molecular weight excluding hydrogens is 476 g/mol. The van der Waals surface area contributed by atoms with Crippen LogP contribution in [0, 0.1) is 6.92 Å². The van der Waals surface area contributed by atoms with E-state index in [0.717, 1.165) is 29.5 Å². The van der Waals surface area contributed by atoms with Crippen LogP contribution < -0.4 is 8.92 Å². The van der Waals surface area contributed by atoms with E-state index in [0.29, 0.717) is 29.0 Å². The molecule has 1 N–H and O–H groups in total. The molecule has 2 fully saturated rings. The van der Waals surface area contributed by atoms with Crippen molar-refractivity contribution in [1.82, 2.24) is 19.9 Å². The molecular formula is C27H28N4O4S. The fourth-order valence-electron chi connectivity index (χ4n) is 5.45. The number of aromatic nitrogens is 3. The number of aryl methyl sites for hydroxylation is 1. The Morgan fingerprint density at radius 1 is 1.00 bits per heavy atom. The molecule has 0 spiro atoms. The van der Waals surface area contributed by atoms with Gasteiger partial charge in [0.25, 0.3) is 0 Å². The van der Waals surface area contributed by atoms with E-state index in [1.165, 1.54) is 12.8 Å². The second-order valence-electron chi connectivity index (χ2n) is 9.73. The molecule has 2 bridgehead atoms. The molecule has 0 amide bonds. The zero-order chi connectivity index (χ0) is 24.9. The Balaban J connectivity index is 1.26. The van der Waals surface area contributed by atoms with E-state index in [1.807, 2.05) is 25.1 Å². The van der Waals surface area contributed by atoms with Crippen molar-refractivity contribution in [2.24, 2.45) is 0 Å². The third kappa shape index (κ3) is 4.22. The van der Waals surface area contributed by atoms with Crippen molar-refractivity contribution in [2.75, 3.05) is 7.05 Å². The summed E-state index contributed by atoms with van der Waals surface area (Å²) in [6.45, 7) is 1.90. The quantitative estimate of drug-likeness (QED) is 0.380. The topological polar surface area (TPSA) is 97.4 Å². The van der Waals surface area contributed by atoms with E-state index in [9.17, 15) is 8.42 Å². The van der Waals surface area contributed by atoms with Gasteiger partial charge in [0.05, 0.1) is 23.5 Å². The summed E-state index contributed by atoms with van der Waals surface area (Å²) in [7, 11) is -1.79. The summed E-state index contributed by atoms with van der Waals surface area (Å²) in [5.74, 6) is 0.720. The Hall–Kier alpha value is -3.43. The maximum atomic E-state index is 12.9. The number of hydrogen-bond acceptors (Lipinski definition) is 7. The third-order valence-electron chi connectivity index (χ3n) is 7.43. The van der Waals surface area contributed by atoms with Gasteiger partial charge < -0.3 is 18.8 Å². The number of aromatic amines is 1. The maximum absolute atomic E-state index is 12.9. The molecule has 0 saturated carbocycles. The lowest BCUT2D eigenvalue weighted by Gasteiger charge is -2.35. The highest BCUT2D eigenvalue weighted by atomic mass is 32.2. The minimum Gasteiger partial charge on any atom is -0.473 e. The van der Waals surface area contributed by atoms with E-state index in [1.54, 1.807) is 42.9 Å². The Bertz CT molecular complexity index is 1490.